The molecule has 106 valence electrons. The maximum Gasteiger partial charge on any atom is 0.179 e. The molecule has 2 aliphatic carbocycles. The Hall–Kier alpha value is -1.39. The molecule has 4 nitrogen and oxygen atoms in total. The van der Waals surface area contributed by atoms with Crippen LogP contribution in [0.1, 0.15) is 35.7 Å². The van der Waals surface area contributed by atoms with E-state index in [9.17, 15) is 4.79 Å². The minimum atomic E-state index is 0.138. The average molecular weight is 292 g/mol. The van der Waals surface area contributed by atoms with E-state index in [1.807, 2.05) is 36.2 Å². The molecule has 5 heteroatoms. The van der Waals surface area contributed by atoms with Crippen LogP contribution in [0, 0.1) is 0 Å². The van der Waals surface area contributed by atoms with Gasteiger partial charge in [-0.2, -0.15) is 5.10 Å². The standard InChI is InChI=1S/C15H18ClN3O/c1-18(13-6-7-13)10-15(20)11-8-17-19(9-11)14-4-2-12(16)3-5-14/h2-4,8-9,13-14H,5-7,10H2,1H3. The lowest BCUT2D eigenvalue weighted by atomic mass is 10.1. The summed E-state index contributed by atoms with van der Waals surface area (Å²) in [5.74, 6) is 0.138. The van der Waals surface area contributed by atoms with Crippen LogP contribution >= 0.6 is 11.6 Å². The van der Waals surface area contributed by atoms with Crippen LogP contribution in [0.4, 0.5) is 0 Å². The van der Waals surface area contributed by atoms with Gasteiger partial charge in [0.1, 0.15) is 0 Å². The van der Waals surface area contributed by atoms with Gasteiger partial charge in [-0.15, -0.1) is 0 Å². The van der Waals surface area contributed by atoms with Crippen molar-refractivity contribution < 1.29 is 4.79 Å². The summed E-state index contributed by atoms with van der Waals surface area (Å²) in [5, 5.41) is 5.07. The topological polar surface area (TPSA) is 38.1 Å². The predicted molar refractivity (Wildman–Crippen MR) is 78.9 cm³/mol. The number of halogens is 1. The molecule has 2 aliphatic rings. The SMILES string of the molecule is CN(CC(=O)c1cnn(C2C=CC(Cl)=CC2)c1)C1CC1. The molecule has 0 bridgehead atoms. The fourth-order valence-corrected chi connectivity index (χ4v) is 2.57. The van der Waals surface area contributed by atoms with Crippen LogP contribution in [0.25, 0.3) is 0 Å². The number of carbonyl (C=O) groups excluding carboxylic acids is 1. The van der Waals surface area contributed by atoms with Gasteiger partial charge in [0.25, 0.3) is 0 Å². The van der Waals surface area contributed by atoms with Gasteiger partial charge in [-0.1, -0.05) is 23.8 Å². The molecule has 20 heavy (non-hydrogen) atoms. The first-order valence-electron chi connectivity index (χ1n) is 6.95. The van der Waals surface area contributed by atoms with E-state index in [0.29, 0.717) is 18.2 Å². The zero-order valence-corrected chi connectivity index (χ0v) is 12.3. The van der Waals surface area contributed by atoms with Crippen molar-refractivity contribution >= 4 is 17.4 Å². The van der Waals surface area contributed by atoms with Crippen molar-refractivity contribution in [1.82, 2.24) is 14.7 Å². The van der Waals surface area contributed by atoms with Gasteiger partial charge in [0.15, 0.2) is 5.78 Å². The lowest BCUT2D eigenvalue weighted by molar-refractivity contribution is 0.0942. The van der Waals surface area contributed by atoms with Gasteiger partial charge in [0.05, 0.1) is 24.3 Å². The summed E-state index contributed by atoms with van der Waals surface area (Å²) in [5.41, 5.74) is 0.687. The Balaban J connectivity index is 1.64. The van der Waals surface area contributed by atoms with Crippen LogP contribution in [-0.2, 0) is 0 Å². The largest absolute Gasteiger partial charge is 0.296 e. The maximum atomic E-state index is 12.2. The molecule has 1 unspecified atom stereocenters. The monoisotopic (exact) mass is 291 g/mol. The maximum absolute atomic E-state index is 12.2. The van der Waals surface area contributed by atoms with Crippen LogP contribution in [0.15, 0.2) is 35.7 Å². The number of hydrogen-bond donors (Lipinski definition) is 0. The molecule has 0 saturated heterocycles. The zero-order chi connectivity index (χ0) is 14.1. The average Bonchev–Trinajstić information content (AvgIpc) is 3.17. The quantitative estimate of drug-likeness (QED) is 0.783. The van der Waals surface area contributed by atoms with E-state index in [1.54, 1.807) is 6.20 Å². The lowest BCUT2D eigenvalue weighted by Crippen LogP contribution is -2.27. The summed E-state index contributed by atoms with van der Waals surface area (Å²) >= 11 is 5.90. The van der Waals surface area contributed by atoms with Crippen molar-refractivity contribution in [2.45, 2.75) is 31.3 Å². The first-order chi connectivity index (χ1) is 9.63. The number of carbonyl (C=O) groups is 1. The van der Waals surface area contributed by atoms with Crippen LogP contribution < -0.4 is 0 Å². The fourth-order valence-electron chi connectivity index (χ4n) is 2.40. The Kier molecular flexibility index (Phi) is 3.76. The second kappa shape index (κ2) is 5.54. The number of hydrogen-bond acceptors (Lipinski definition) is 3. The number of aromatic nitrogens is 2. The summed E-state index contributed by atoms with van der Waals surface area (Å²) in [7, 11) is 2.01. The molecule has 0 radical (unpaired) electrons. The second-order valence-electron chi connectivity index (χ2n) is 5.53. The minimum Gasteiger partial charge on any atom is -0.296 e. The summed E-state index contributed by atoms with van der Waals surface area (Å²) in [6.45, 7) is 0.475. The van der Waals surface area contributed by atoms with Crippen molar-refractivity contribution in [3.05, 3.63) is 41.2 Å². The van der Waals surface area contributed by atoms with Gasteiger partial charge in [0, 0.05) is 17.3 Å². The van der Waals surface area contributed by atoms with E-state index in [-0.39, 0.29) is 11.8 Å². The molecule has 0 spiro atoms. The number of ketones is 1. The van der Waals surface area contributed by atoms with E-state index in [2.05, 4.69) is 10.00 Å². The molecule has 1 aromatic rings. The number of allylic oxidation sites excluding steroid dienone is 4. The van der Waals surface area contributed by atoms with Gasteiger partial charge >= 0.3 is 0 Å². The highest BCUT2D eigenvalue weighted by Crippen LogP contribution is 2.26. The molecule has 0 amide bonds. The van der Waals surface area contributed by atoms with Crippen molar-refractivity contribution in [1.29, 1.82) is 0 Å². The number of Topliss-reactive ketones (excluding diaryl/α,β-unsaturated/α-hetero) is 1. The molecule has 1 heterocycles. The Morgan fingerprint density at radius 3 is 3.00 bits per heavy atom. The molecule has 1 saturated carbocycles. The van der Waals surface area contributed by atoms with Crippen molar-refractivity contribution in [3.8, 4) is 0 Å². The zero-order valence-electron chi connectivity index (χ0n) is 11.5. The molecule has 0 aromatic carbocycles. The minimum absolute atomic E-state index is 0.138. The van der Waals surface area contributed by atoms with E-state index in [4.69, 9.17) is 11.6 Å². The van der Waals surface area contributed by atoms with Gasteiger partial charge < -0.3 is 0 Å². The third kappa shape index (κ3) is 3.02. The van der Waals surface area contributed by atoms with Crippen LogP contribution in [0.3, 0.4) is 0 Å². The van der Waals surface area contributed by atoms with Gasteiger partial charge in [-0.05, 0) is 32.4 Å². The summed E-state index contributed by atoms with van der Waals surface area (Å²) in [4.78, 5) is 14.3. The van der Waals surface area contributed by atoms with Crippen molar-refractivity contribution in [2.75, 3.05) is 13.6 Å². The molecule has 3 rings (SSSR count). The van der Waals surface area contributed by atoms with E-state index in [0.717, 1.165) is 11.5 Å². The van der Waals surface area contributed by atoms with E-state index in [1.165, 1.54) is 12.8 Å². The second-order valence-corrected chi connectivity index (χ2v) is 5.97. The Labute approximate surface area is 123 Å². The number of likely N-dealkylation sites (N-methyl/N-ethyl adjacent to an activating group) is 1. The Bertz CT molecular complexity index is 571. The Morgan fingerprint density at radius 2 is 2.35 bits per heavy atom. The highest BCUT2D eigenvalue weighted by molar-refractivity contribution is 6.31. The van der Waals surface area contributed by atoms with Gasteiger partial charge in [-0.3, -0.25) is 14.4 Å². The molecule has 1 atom stereocenters. The summed E-state index contributed by atoms with van der Waals surface area (Å²) < 4.78 is 1.83. The third-order valence-electron chi connectivity index (χ3n) is 3.86. The smallest absolute Gasteiger partial charge is 0.179 e. The summed E-state index contributed by atoms with van der Waals surface area (Å²) in [6, 6.07) is 0.753. The molecule has 0 N–H and O–H groups in total. The first kappa shape index (κ1) is 13.6. The highest BCUT2D eigenvalue weighted by Gasteiger charge is 2.27. The molecule has 1 fully saturated rings. The van der Waals surface area contributed by atoms with Gasteiger partial charge in [0.2, 0.25) is 0 Å². The molecular formula is C15H18ClN3O. The van der Waals surface area contributed by atoms with E-state index < -0.39 is 0 Å². The first-order valence-corrected chi connectivity index (χ1v) is 7.33. The third-order valence-corrected chi connectivity index (χ3v) is 4.14. The van der Waals surface area contributed by atoms with Crippen LogP contribution in [-0.4, -0.2) is 40.1 Å². The summed E-state index contributed by atoms with van der Waals surface area (Å²) in [6.07, 6.45) is 12.6. The Morgan fingerprint density at radius 1 is 1.55 bits per heavy atom. The van der Waals surface area contributed by atoms with Crippen molar-refractivity contribution in [2.24, 2.45) is 0 Å². The van der Waals surface area contributed by atoms with Gasteiger partial charge in [-0.25, -0.2) is 0 Å². The van der Waals surface area contributed by atoms with Crippen LogP contribution in [0.2, 0.25) is 0 Å². The highest BCUT2D eigenvalue weighted by atomic mass is 35.5. The molecular weight excluding hydrogens is 274 g/mol. The van der Waals surface area contributed by atoms with Crippen molar-refractivity contribution in [3.63, 3.8) is 0 Å². The fraction of sp³-hybridized carbons (Fsp3) is 0.467. The number of nitrogens with zero attached hydrogens (tertiary/aromatic N) is 3. The number of rotatable bonds is 5. The van der Waals surface area contributed by atoms with Crippen LogP contribution in [0.5, 0.6) is 0 Å². The lowest BCUT2D eigenvalue weighted by Gasteiger charge is -2.15. The normalized spacial score (nSPS) is 22.1. The molecule has 0 aliphatic heterocycles. The van der Waals surface area contributed by atoms with E-state index >= 15 is 0 Å². The predicted octanol–water partition coefficient (Wildman–Crippen LogP) is 2.78. The molecule has 1 aromatic heterocycles.